The molecule has 0 saturated carbocycles. The first-order valence-corrected chi connectivity index (χ1v) is 5.13. The van der Waals surface area contributed by atoms with E-state index in [0.717, 1.165) is 12.8 Å². The number of carbonyl (C=O) groups is 1. The summed E-state index contributed by atoms with van der Waals surface area (Å²) in [5.41, 5.74) is 2.49. The van der Waals surface area contributed by atoms with E-state index < -0.39 is 6.04 Å². The number of dihydropyridines is 1. The minimum atomic E-state index is -0.394. The van der Waals surface area contributed by atoms with Crippen LogP contribution in [0.15, 0.2) is 33.8 Å². The van der Waals surface area contributed by atoms with Crippen LogP contribution in [0.2, 0.25) is 0 Å². The number of allylic oxidation sites excluding steroid dienone is 3. The molecule has 0 bridgehead atoms. The van der Waals surface area contributed by atoms with Gasteiger partial charge >= 0.3 is 0 Å². The summed E-state index contributed by atoms with van der Waals surface area (Å²) >= 11 is 0. The van der Waals surface area contributed by atoms with E-state index in [0.29, 0.717) is 0 Å². The number of rotatable bonds is 1. The van der Waals surface area contributed by atoms with E-state index in [1.807, 2.05) is 12.2 Å². The van der Waals surface area contributed by atoms with E-state index in [1.165, 1.54) is 24.1 Å². The van der Waals surface area contributed by atoms with Crippen molar-refractivity contribution in [1.82, 2.24) is 5.32 Å². The molecule has 0 aromatic carbocycles. The van der Waals surface area contributed by atoms with Gasteiger partial charge in [0, 0.05) is 5.70 Å². The summed E-state index contributed by atoms with van der Waals surface area (Å²) in [6.07, 6.45) is 8.35. The van der Waals surface area contributed by atoms with Crippen LogP contribution in [0.5, 0.6) is 0 Å². The molecule has 1 aliphatic carbocycles. The molecule has 1 atom stereocenters. The Balaban J connectivity index is 2.09. The van der Waals surface area contributed by atoms with Crippen LogP contribution in [0.3, 0.4) is 0 Å². The molecular weight excluding hydrogens is 192 g/mol. The molecule has 5 nitrogen and oxygen atoms in total. The molecule has 1 aliphatic heterocycles. The minimum absolute atomic E-state index is 0.342. The lowest BCUT2D eigenvalue weighted by Crippen LogP contribution is -2.36. The van der Waals surface area contributed by atoms with Gasteiger partial charge in [0.1, 0.15) is 6.04 Å². The SMILES string of the molecule is NN=NC(=O)C1C=CC2=C(CCCC2)N1. The van der Waals surface area contributed by atoms with Crippen molar-refractivity contribution in [3.05, 3.63) is 23.4 Å². The number of carbonyl (C=O) groups excluding carboxylic acids is 1. The van der Waals surface area contributed by atoms with Crippen molar-refractivity contribution in [3.63, 3.8) is 0 Å². The van der Waals surface area contributed by atoms with Gasteiger partial charge in [0.2, 0.25) is 0 Å². The highest BCUT2D eigenvalue weighted by atomic mass is 16.2. The molecule has 1 heterocycles. The van der Waals surface area contributed by atoms with E-state index in [-0.39, 0.29) is 5.91 Å². The van der Waals surface area contributed by atoms with Gasteiger partial charge in [-0.1, -0.05) is 22.5 Å². The highest BCUT2D eigenvalue weighted by Crippen LogP contribution is 2.26. The van der Waals surface area contributed by atoms with Gasteiger partial charge in [0.15, 0.2) is 0 Å². The fourth-order valence-corrected chi connectivity index (χ4v) is 1.99. The zero-order chi connectivity index (χ0) is 10.7. The predicted molar refractivity (Wildman–Crippen MR) is 55.6 cm³/mol. The number of hydrogen-bond acceptors (Lipinski definition) is 3. The molecule has 15 heavy (non-hydrogen) atoms. The molecule has 0 fully saturated rings. The van der Waals surface area contributed by atoms with Crippen molar-refractivity contribution in [2.45, 2.75) is 31.7 Å². The smallest absolute Gasteiger partial charge is 0.292 e. The zero-order valence-electron chi connectivity index (χ0n) is 8.44. The van der Waals surface area contributed by atoms with E-state index >= 15 is 0 Å². The standard InChI is InChI=1S/C10H14N4O/c11-14-13-10(15)9-6-5-7-3-1-2-4-8(7)12-9/h5-6,9,12H,1-4H2,(H2,11,13,15). The van der Waals surface area contributed by atoms with Crippen molar-refractivity contribution in [2.75, 3.05) is 0 Å². The first-order valence-electron chi connectivity index (χ1n) is 5.13. The molecule has 3 N–H and O–H groups in total. The van der Waals surface area contributed by atoms with Gasteiger partial charge in [-0.3, -0.25) is 4.79 Å². The Morgan fingerprint density at radius 2 is 2.27 bits per heavy atom. The second kappa shape index (κ2) is 4.25. The quantitative estimate of drug-likeness (QED) is 0.384. The Kier molecular flexibility index (Phi) is 2.80. The van der Waals surface area contributed by atoms with Gasteiger partial charge in [-0.2, -0.15) is 0 Å². The second-order valence-corrected chi connectivity index (χ2v) is 3.75. The second-order valence-electron chi connectivity index (χ2n) is 3.75. The Labute approximate surface area is 88.1 Å². The van der Waals surface area contributed by atoms with Crippen LogP contribution in [0.4, 0.5) is 0 Å². The number of nitrogens with one attached hydrogen (secondary N) is 1. The van der Waals surface area contributed by atoms with Gasteiger partial charge < -0.3 is 11.2 Å². The van der Waals surface area contributed by atoms with E-state index in [9.17, 15) is 4.79 Å². The van der Waals surface area contributed by atoms with Crippen molar-refractivity contribution < 1.29 is 4.79 Å². The third-order valence-electron chi connectivity index (χ3n) is 2.75. The average Bonchev–Trinajstić information content (AvgIpc) is 2.29. The number of nitrogens with two attached hydrogens (primary N) is 1. The Bertz CT molecular complexity index is 356. The molecule has 0 spiro atoms. The third-order valence-corrected chi connectivity index (χ3v) is 2.75. The summed E-state index contributed by atoms with van der Waals surface area (Å²) < 4.78 is 0. The van der Waals surface area contributed by atoms with Crippen LogP contribution in [0.25, 0.3) is 0 Å². The lowest BCUT2D eigenvalue weighted by Gasteiger charge is -2.26. The van der Waals surface area contributed by atoms with Gasteiger partial charge in [-0.15, -0.1) is 0 Å². The summed E-state index contributed by atoms with van der Waals surface area (Å²) in [5.74, 6) is 4.50. The summed E-state index contributed by atoms with van der Waals surface area (Å²) in [7, 11) is 0. The molecule has 1 amide bonds. The highest BCUT2D eigenvalue weighted by molar-refractivity contribution is 5.84. The fourth-order valence-electron chi connectivity index (χ4n) is 1.99. The van der Waals surface area contributed by atoms with Crippen LogP contribution in [-0.2, 0) is 4.79 Å². The molecular formula is C10H14N4O. The van der Waals surface area contributed by atoms with E-state index in [2.05, 4.69) is 15.7 Å². The van der Waals surface area contributed by atoms with Crippen molar-refractivity contribution in [2.24, 2.45) is 16.2 Å². The highest BCUT2D eigenvalue weighted by Gasteiger charge is 2.22. The van der Waals surface area contributed by atoms with Crippen LogP contribution in [0, 0.1) is 0 Å². The number of hydrogen-bond donors (Lipinski definition) is 2. The molecule has 5 heteroatoms. The van der Waals surface area contributed by atoms with E-state index in [4.69, 9.17) is 5.84 Å². The van der Waals surface area contributed by atoms with Gasteiger partial charge in [0.25, 0.3) is 5.91 Å². The van der Waals surface area contributed by atoms with Crippen LogP contribution >= 0.6 is 0 Å². The number of amides is 1. The van der Waals surface area contributed by atoms with Gasteiger partial charge in [0.05, 0.1) is 0 Å². The maximum absolute atomic E-state index is 11.4. The summed E-state index contributed by atoms with van der Waals surface area (Å²) in [4.78, 5) is 11.4. The van der Waals surface area contributed by atoms with Crippen LogP contribution in [0.1, 0.15) is 25.7 Å². The molecule has 0 radical (unpaired) electrons. The zero-order valence-corrected chi connectivity index (χ0v) is 8.44. The molecule has 80 valence electrons. The lowest BCUT2D eigenvalue weighted by molar-refractivity contribution is -0.119. The first-order chi connectivity index (χ1) is 7.31. The van der Waals surface area contributed by atoms with E-state index in [1.54, 1.807) is 0 Å². The topological polar surface area (TPSA) is 79.8 Å². The Morgan fingerprint density at radius 3 is 3.07 bits per heavy atom. The van der Waals surface area contributed by atoms with Crippen LogP contribution in [-0.4, -0.2) is 11.9 Å². The molecule has 2 rings (SSSR count). The maximum atomic E-state index is 11.4. The molecule has 0 saturated heterocycles. The van der Waals surface area contributed by atoms with Crippen molar-refractivity contribution >= 4 is 5.91 Å². The fraction of sp³-hybridized carbons (Fsp3) is 0.500. The monoisotopic (exact) mass is 206 g/mol. The molecule has 2 aliphatic rings. The first kappa shape index (κ1) is 9.89. The largest absolute Gasteiger partial charge is 0.374 e. The van der Waals surface area contributed by atoms with Crippen molar-refractivity contribution in [3.8, 4) is 0 Å². The lowest BCUT2D eigenvalue weighted by atomic mass is 9.92. The minimum Gasteiger partial charge on any atom is -0.374 e. The normalized spacial score (nSPS) is 25.2. The number of nitrogens with zero attached hydrogens (tertiary/aromatic N) is 2. The maximum Gasteiger partial charge on any atom is 0.292 e. The average molecular weight is 206 g/mol. The Morgan fingerprint density at radius 1 is 1.47 bits per heavy atom. The third kappa shape index (κ3) is 2.06. The summed E-state index contributed by atoms with van der Waals surface area (Å²) in [6.45, 7) is 0. The van der Waals surface area contributed by atoms with Crippen LogP contribution < -0.4 is 11.2 Å². The summed E-state index contributed by atoms with van der Waals surface area (Å²) in [6, 6.07) is -0.394. The summed E-state index contributed by atoms with van der Waals surface area (Å²) in [5, 5.41) is 9.49. The molecule has 0 aromatic heterocycles. The van der Waals surface area contributed by atoms with Gasteiger partial charge in [-0.05, 0) is 31.3 Å². The predicted octanol–water partition coefficient (Wildman–Crippen LogP) is 1.19. The molecule has 0 aromatic rings. The van der Waals surface area contributed by atoms with Crippen molar-refractivity contribution in [1.29, 1.82) is 0 Å². The Hall–Kier alpha value is -1.65. The molecule has 1 unspecified atom stereocenters. The van der Waals surface area contributed by atoms with Gasteiger partial charge in [-0.25, -0.2) is 0 Å².